The Morgan fingerprint density at radius 1 is 1.42 bits per heavy atom. The standard InChI is InChI=1S/C20H23NO5/c1-10(22)19(24)25-15-6-3-11-9-13-12-4-5-14(23)18-20(12,7-8-21(13)2)16(11)17(15)26-18/h3-6,10,12-14,18,22-23H,7-9H2,1-2H3/t10?,12-,13+,14-,18-,20-/m0/s1. The average molecular weight is 357 g/mol. The van der Waals surface area contributed by atoms with Gasteiger partial charge < -0.3 is 24.6 Å². The molecule has 138 valence electrons. The summed E-state index contributed by atoms with van der Waals surface area (Å²) in [4.78, 5) is 14.3. The second-order valence-corrected chi connectivity index (χ2v) is 8.01. The van der Waals surface area contributed by atoms with Gasteiger partial charge in [-0.05, 0) is 45.0 Å². The number of likely N-dealkylation sites (N-methyl/N-ethyl adjacent to an activating group) is 1. The van der Waals surface area contributed by atoms with Crippen LogP contribution in [0.3, 0.4) is 0 Å². The molecule has 6 heteroatoms. The Hall–Kier alpha value is -1.89. The van der Waals surface area contributed by atoms with Crippen LogP contribution in [0.4, 0.5) is 0 Å². The minimum absolute atomic E-state index is 0.270. The molecule has 1 spiro atoms. The van der Waals surface area contributed by atoms with Crippen molar-refractivity contribution in [3.05, 3.63) is 35.4 Å². The number of rotatable bonds is 2. The topological polar surface area (TPSA) is 79.2 Å². The fourth-order valence-electron chi connectivity index (χ4n) is 5.50. The number of likely N-dealkylation sites (tertiary alicyclic amines) is 1. The molecule has 0 aromatic heterocycles. The number of carbonyl (C=O) groups excluding carboxylic acids is 1. The normalized spacial score (nSPS) is 37.7. The average Bonchev–Trinajstić information content (AvgIpc) is 2.96. The van der Waals surface area contributed by atoms with Crippen molar-refractivity contribution in [2.24, 2.45) is 5.92 Å². The first-order valence-electron chi connectivity index (χ1n) is 9.23. The summed E-state index contributed by atoms with van der Waals surface area (Å²) >= 11 is 0. The maximum atomic E-state index is 11.9. The maximum absolute atomic E-state index is 11.9. The molecule has 2 N–H and O–H groups in total. The second kappa shape index (κ2) is 5.31. The molecule has 6 atom stereocenters. The molecule has 5 rings (SSSR count). The van der Waals surface area contributed by atoms with Gasteiger partial charge in [0.05, 0.1) is 0 Å². The maximum Gasteiger partial charge on any atom is 0.340 e. The number of piperidine rings is 1. The van der Waals surface area contributed by atoms with Gasteiger partial charge in [-0.15, -0.1) is 0 Å². The number of hydrogen-bond donors (Lipinski definition) is 2. The number of aliphatic hydroxyl groups is 2. The summed E-state index contributed by atoms with van der Waals surface area (Å²) in [7, 11) is 2.16. The zero-order valence-corrected chi connectivity index (χ0v) is 14.9. The smallest absolute Gasteiger partial charge is 0.340 e. The lowest BCUT2D eigenvalue weighted by atomic mass is 9.53. The van der Waals surface area contributed by atoms with Gasteiger partial charge in [0, 0.05) is 22.9 Å². The van der Waals surface area contributed by atoms with E-state index in [1.165, 1.54) is 12.5 Å². The number of esters is 1. The van der Waals surface area contributed by atoms with E-state index in [4.69, 9.17) is 9.47 Å². The lowest BCUT2D eigenvalue weighted by molar-refractivity contribution is -0.142. The van der Waals surface area contributed by atoms with E-state index in [2.05, 4.69) is 18.0 Å². The number of carbonyl (C=O) groups is 1. The molecule has 0 saturated carbocycles. The van der Waals surface area contributed by atoms with E-state index in [0.29, 0.717) is 17.5 Å². The highest BCUT2D eigenvalue weighted by Crippen LogP contribution is 2.62. The highest BCUT2D eigenvalue weighted by molar-refractivity contribution is 5.78. The number of benzene rings is 1. The summed E-state index contributed by atoms with van der Waals surface area (Å²) in [6, 6.07) is 4.13. The van der Waals surface area contributed by atoms with Crippen LogP contribution in [0.2, 0.25) is 0 Å². The molecule has 2 aliphatic carbocycles. The minimum Gasteiger partial charge on any atom is -0.482 e. The van der Waals surface area contributed by atoms with Crippen LogP contribution in [0.15, 0.2) is 24.3 Å². The molecule has 1 aromatic rings. The summed E-state index contributed by atoms with van der Waals surface area (Å²) < 4.78 is 11.7. The number of nitrogens with zero attached hydrogens (tertiary/aromatic N) is 1. The van der Waals surface area contributed by atoms with E-state index < -0.39 is 18.2 Å². The Balaban J connectivity index is 1.69. The second-order valence-electron chi connectivity index (χ2n) is 8.01. The Morgan fingerprint density at radius 3 is 3.00 bits per heavy atom. The van der Waals surface area contributed by atoms with Gasteiger partial charge in [0.15, 0.2) is 11.5 Å². The molecular formula is C20H23NO5. The van der Waals surface area contributed by atoms with Crippen LogP contribution in [-0.2, 0) is 16.6 Å². The van der Waals surface area contributed by atoms with Crippen LogP contribution in [0.1, 0.15) is 24.5 Å². The van der Waals surface area contributed by atoms with Gasteiger partial charge in [-0.1, -0.05) is 18.2 Å². The highest BCUT2D eigenvalue weighted by Gasteiger charge is 2.64. The first kappa shape index (κ1) is 16.3. The fraction of sp³-hybridized carbons (Fsp3) is 0.550. The zero-order chi connectivity index (χ0) is 18.2. The Bertz CT molecular complexity index is 819. The van der Waals surface area contributed by atoms with Crippen molar-refractivity contribution in [1.82, 2.24) is 4.90 Å². The van der Waals surface area contributed by atoms with Crippen LogP contribution in [-0.4, -0.2) is 59.0 Å². The minimum atomic E-state index is -1.20. The van der Waals surface area contributed by atoms with Crippen molar-refractivity contribution in [1.29, 1.82) is 0 Å². The molecule has 1 saturated heterocycles. The number of aliphatic hydroxyl groups excluding tert-OH is 2. The molecule has 2 aliphatic heterocycles. The monoisotopic (exact) mass is 357 g/mol. The Kier molecular flexibility index (Phi) is 3.33. The first-order chi connectivity index (χ1) is 12.4. The van der Waals surface area contributed by atoms with Crippen molar-refractivity contribution < 1.29 is 24.5 Å². The van der Waals surface area contributed by atoms with Gasteiger partial charge in [0.1, 0.15) is 18.3 Å². The lowest BCUT2D eigenvalue weighted by Crippen LogP contribution is -2.64. The molecule has 0 amide bonds. The molecular weight excluding hydrogens is 334 g/mol. The predicted octanol–water partition coefficient (Wildman–Crippen LogP) is 0.779. The largest absolute Gasteiger partial charge is 0.482 e. The number of ether oxygens (including phenoxy) is 2. The first-order valence-corrected chi connectivity index (χ1v) is 9.23. The van der Waals surface area contributed by atoms with Crippen LogP contribution in [0, 0.1) is 5.92 Å². The van der Waals surface area contributed by atoms with Crippen molar-refractivity contribution in [3.8, 4) is 11.5 Å². The predicted molar refractivity (Wildman–Crippen MR) is 93.2 cm³/mol. The summed E-state index contributed by atoms with van der Waals surface area (Å²) in [6.45, 7) is 2.32. The van der Waals surface area contributed by atoms with Gasteiger partial charge in [-0.25, -0.2) is 4.79 Å². The number of hydrogen-bond acceptors (Lipinski definition) is 6. The van der Waals surface area contributed by atoms with Crippen LogP contribution < -0.4 is 9.47 Å². The summed E-state index contributed by atoms with van der Waals surface area (Å²) in [5.74, 6) is 0.467. The molecule has 2 bridgehead atoms. The quantitative estimate of drug-likeness (QED) is 0.463. The molecule has 1 unspecified atom stereocenters. The Labute approximate surface area is 152 Å². The molecule has 4 aliphatic rings. The van der Waals surface area contributed by atoms with Gasteiger partial charge in [0.2, 0.25) is 0 Å². The third kappa shape index (κ3) is 1.89. The van der Waals surface area contributed by atoms with E-state index in [1.54, 1.807) is 6.07 Å². The van der Waals surface area contributed by atoms with Crippen LogP contribution in [0.25, 0.3) is 0 Å². The fourth-order valence-corrected chi connectivity index (χ4v) is 5.50. The SMILES string of the molecule is CC(O)C(=O)Oc1ccc2c3c1O[C@H]1[C@@H](O)C=C[C@H]4[C@@H](C2)N(C)CC[C@@]341. The molecule has 1 aromatic carbocycles. The van der Waals surface area contributed by atoms with Gasteiger partial charge >= 0.3 is 5.97 Å². The van der Waals surface area contributed by atoms with Gasteiger partial charge in [0.25, 0.3) is 0 Å². The van der Waals surface area contributed by atoms with Crippen molar-refractivity contribution in [2.45, 2.75) is 49.5 Å². The van der Waals surface area contributed by atoms with Gasteiger partial charge in [-0.3, -0.25) is 0 Å². The van der Waals surface area contributed by atoms with Gasteiger partial charge in [-0.2, -0.15) is 0 Å². The third-order valence-corrected chi connectivity index (χ3v) is 6.69. The van der Waals surface area contributed by atoms with E-state index in [-0.39, 0.29) is 17.4 Å². The summed E-state index contributed by atoms with van der Waals surface area (Å²) in [6.07, 6.45) is 3.54. The molecule has 26 heavy (non-hydrogen) atoms. The molecule has 2 heterocycles. The van der Waals surface area contributed by atoms with E-state index in [1.807, 2.05) is 12.1 Å². The van der Waals surface area contributed by atoms with Crippen LogP contribution in [0.5, 0.6) is 11.5 Å². The molecule has 6 nitrogen and oxygen atoms in total. The molecule has 1 fully saturated rings. The van der Waals surface area contributed by atoms with E-state index in [9.17, 15) is 15.0 Å². The van der Waals surface area contributed by atoms with Crippen molar-refractivity contribution in [3.63, 3.8) is 0 Å². The highest BCUT2D eigenvalue weighted by atomic mass is 16.6. The van der Waals surface area contributed by atoms with Crippen molar-refractivity contribution >= 4 is 5.97 Å². The molecule has 0 radical (unpaired) electrons. The van der Waals surface area contributed by atoms with E-state index in [0.717, 1.165) is 24.9 Å². The lowest BCUT2D eigenvalue weighted by Gasteiger charge is -2.56. The third-order valence-electron chi connectivity index (χ3n) is 6.69. The summed E-state index contributed by atoms with van der Waals surface area (Å²) in [5.41, 5.74) is 2.02. The Morgan fingerprint density at radius 2 is 2.23 bits per heavy atom. The zero-order valence-electron chi connectivity index (χ0n) is 14.9. The van der Waals surface area contributed by atoms with Crippen molar-refractivity contribution in [2.75, 3.05) is 13.6 Å². The van der Waals surface area contributed by atoms with Crippen LogP contribution >= 0.6 is 0 Å². The van der Waals surface area contributed by atoms with E-state index >= 15 is 0 Å². The summed E-state index contributed by atoms with van der Waals surface area (Å²) in [5, 5.41) is 20.1.